The molecule has 0 aromatic carbocycles. The van der Waals surface area contributed by atoms with Gasteiger partial charge in [0, 0.05) is 31.7 Å². The van der Waals surface area contributed by atoms with Crippen molar-refractivity contribution in [3.63, 3.8) is 0 Å². The maximum atomic E-state index is 11.3. The van der Waals surface area contributed by atoms with Gasteiger partial charge in [-0.1, -0.05) is 0 Å². The zero-order valence-corrected chi connectivity index (χ0v) is 12.0. The molecule has 0 saturated carbocycles. The zero-order chi connectivity index (χ0) is 13.8. The van der Waals surface area contributed by atoms with E-state index in [-0.39, 0.29) is 17.9 Å². The zero-order valence-electron chi connectivity index (χ0n) is 12.0. The lowest BCUT2D eigenvalue weighted by Gasteiger charge is -2.45. The van der Waals surface area contributed by atoms with Gasteiger partial charge in [-0.05, 0) is 27.8 Å². The topological polar surface area (TPSA) is 53.0 Å². The molecule has 0 aromatic heterocycles. The van der Waals surface area contributed by atoms with Gasteiger partial charge in [0.25, 0.3) is 0 Å². The van der Waals surface area contributed by atoms with Gasteiger partial charge >= 0.3 is 5.97 Å². The first-order valence-corrected chi connectivity index (χ1v) is 6.62. The number of carbonyl (C=O) groups is 1. The molecule has 18 heavy (non-hydrogen) atoms. The van der Waals surface area contributed by atoms with Gasteiger partial charge in [-0.3, -0.25) is 14.6 Å². The Morgan fingerprint density at radius 1 is 1.44 bits per heavy atom. The van der Waals surface area contributed by atoms with Gasteiger partial charge in [0.15, 0.2) is 0 Å². The Bertz CT molecular complexity index is 281. The van der Waals surface area contributed by atoms with Crippen molar-refractivity contribution in [3.8, 4) is 0 Å². The molecule has 1 unspecified atom stereocenters. The largest absolute Gasteiger partial charge is 0.466 e. The van der Waals surface area contributed by atoms with Crippen molar-refractivity contribution in [1.82, 2.24) is 9.80 Å². The van der Waals surface area contributed by atoms with E-state index in [2.05, 4.69) is 30.7 Å². The third-order valence-corrected chi connectivity index (χ3v) is 3.57. The van der Waals surface area contributed by atoms with Crippen LogP contribution in [-0.2, 0) is 9.53 Å². The molecule has 1 atom stereocenters. The van der Waals surface area contributed by atoms with Crippen molar-refractivity contribution in [2.45, 2.75) is 38.8 Å². The fourth-order valence-electron chi connectivity index (χ4n) is 2.27. The maximum Gasteiger partial charge on any atom is 0.308 e. The predicted molar refractivity (Wildman–Crippen MR) is 70.4 cm³/mol. The molecule has 0 amide bonds. The highest BCUT2D eigenvalue weighted by Gasteiger charge is 2.31. The smallest absolute Gasteiger partial charge is 0.308 e. The molecule has 0 bridgehead atoms. The summed E-state index contributed by atoms with van der Waals surface area (Å²) in [6.45, 7) is 9.88. The highest BCUT2D eigenvalue weighted by atomic mass is 16.5. The summed E-state index contributed by atoms with van der Waals surface area (Å²) in [6.07, 6.45) is -0.552. The fourth-order valence-corrected chi connectivity index (χ4v) is 2.27. The maximum absolute atomic E-state index is 11.3. The first kappa shape index (κ1) is 15.4. The molecule has 1 aliphatic rings. The SMILES string of the molecule is CCOC(=O)CC(O)CN1CCN(C)C(C)(C)C1. The Hall–Kier alpha value is -0.650. The number of esters is 1. The molecule has 5 nitrogen and oxygen atoms in total. The first-order valence-electron chi connectivity index (χ1n) is 6.62. The second-order valence-corrected chi connectivity index (χ2v) is 5.63. The molecule has 0 spiro atoms. The standard InChI is InChI=1S/C13H26N2O3/c1-5-18-12(17)8-11(16)9-15-7-6-14(4)13(2,3)10-15/h11,16H,5-10H2,1-4H3. The van der Waals surface area contributed by atoms with E-state index >= 15 is 0 Å². The van der Waals surface area contributed by atoms with E-state index < -0.39 is 6.10 Å². The number of ether oxygens (including phenoxy) is 1. The highest BCUT2D eigenvalue weighted by molar-refractivity contribution is 5.69. The van der Waals surface area contributed by atoms with Crippen LogP contribution < -0.4 is 0 Å². The molecule has 5 heteroatoms. The molecule has 1 N–H and O–H groups in total. The minimum atomic E-state index is -0.636. The Kier molecular flexibility index (Phi) is 5.56. The monoisotopic (exact) mass is 258 g/mol. The van der Waals surface area contributed by atoms with Crippen LogP contribution in [0.25, 0.3) is 0 Å². The lowest BCUT2D eigenvalue weighted by atomic mass is 9.99. The molecule has 0 aliphatic carbocycles. The number of aliphatic hydroxyl groups excluding tert-OH is 1. The Morgan fingerprint density at radius 3 is 2.67 bits per heavy atom. The number of nitrogens with zero attached hydrogens (tertiary/aromatic N) is 2. The van der Waals surface area contributed by atoms with Gasteiger partial charge in [-0.15, -0.1) is 0 Å². The number of β-amino-alcohol motifs (C(OH)–C–C–N with tert-alkyl or cyclic N) is 1. The van der Waals surface area contributed by atoms with Crippen molar-refractivity contribution in [3.05, 3.63) is 0 Å². The van der Waals surface area contributed by atoms with Crippen LogP contribution in [0.3, 0.4) is 0 Å². The van der Waals surface area contributed by atoms with Crippen LogP contribution in [-0.4, -0.2) is 72.4 Å². The number of aliphatic hydroxyl groups is 1. The molecule has 1 aliphatic heterocycles. The summed E-state index contributed by atoms with van der Waals surface area (Å²) in [6, 6.07) is 0. The van der Waals surface area contributed by atoms with Crippen molar-refractivity contribution < 1.29 is 14.6 Å². The number of hydrogen-bond donors (Lipinski definition) is 1. The summed E-state index contributed by atoms with van der Waals surface area (Å²) in [4.78, 5) is 15.8. The number of piperazine rings is 1. The molecule has 1 fully saturated rings. The van der Waals surface area contributed by atoms with Crippen molar-refractivity contribution in [2.24, 2.45) is 0 Å². The summed E-state index contributed by atoms with van der Waals surface area (Å²) >= 11 is 0. The van der Waals surface area contributed by atoms with Crippen molar-refractivity contribution >= 4 is 5.97 Å². The second kappa shape index (κ2) is 6.50. The molecule has 0 aromatic rings. The normalized spacial score (nSPS) is 22.7. The second-order valence-electron chi connectivity index (χ2n) is 5.63. The van der Waals surface area contributed by atoms with Crippen LogP contribution in [0, 0.1) is 0 Å². The predicted octanol–water partition coefficient (Wildman–Crippen LogP) is 0.327. The highest BCUT2D eigenvalue weighted by Crippen LogP contribution is 2.19. The lowest BCUT2D eigenvalue weighted by molar-refractivity contribution is -0.145. The van der Waals surface area contributed by atoms with Gasteiger partial charge < -0.3 is 9.84 Å². The van der Waals surface area contributed by atoms with E-state index in [1.54, 1.807) is 6.92 Å². The average Bonchev–Trinajstić information content (AvgIpc) is 2.23. The van der Waals surface area contributed by atoms with Crippen LogP contribution in [0.4, 0.5) is 0 Å². The summed E-state index contributed by atoms with van der Waals surface area (Å²) in [5.41, 5.74) is 0.113. The minimum absolute atomic E-state index is 0.0839. The Labute approximate surface area is 110 Å². The molecular weight excluding hydrogens is 232 g/mol. The molecule has 1 heterocycles. The number of carbonyl (C=O) groups excluding carboxylic acids is 1. The third-order valence-electron chi connectivity index (χ3n) is 3.57. The summed E-state index contributed by atoms with van der Waals surface area (Å²) in [5.74, 6) is -0.321. The Morgan fingerprint density at radius 2 is 2.11 bits per heavy atom. The van der Waals surface area contributed by atoms with E-state index in [1.165, 1.54) is 0 Å². The van der Waals surface area contributed by atoms with Crippen molar-refractivity contribution in [1.29, 1.82) is 0 Å². The van der Waals surface area contributed by atoms with Crippen LogP contribution in [0.1, 0.15) is 27.2 Å². The van der Waals surface area contributed by atoms with E-state index in [0.29, 0.717) is 13.2 Å². The Balaban J connectivity index is 2.36. The van der Waals surface area contributed by atoms with Crippen LogP contribution >= 0.6 is 0 Å². The van der Waals surface area contributed by atoms with Gasteiger partial charge in [0.1, 0.15) is 0 Å². The van der Waals surface area contributed by atoms with Gasteiger partial charge in [-0.25, -0.2) is 0 Å². The minimum Gasteiger partial charge on any atom is -0.466 e. The van der Waals surface area contributed by atoms with Crippen LogP contribution in [0.2, 0.25) is 0 Å². The van der Waals surface area contributed by atoms with E-state index in [1.807, 2.05) is 0 Å². The van der Waals surface area contributed by atoms with Crippen molar-refractivity contribution in [2.75, 3.05) is 39.8 Å². The number of rotatable bonds is 5. The molecular formula is C13H26N2O3. The van der Waals surface area contributed by atoms with E-state index in [4.69, 9.17) is 4.74 Å². The van der Waals surface area contributed by atoms with Crippen LogP contribution in [0.5, 0.6) is 0 Å². The van der Waals surface area contributed by atoms with Gasteiger partial charge in [-0.2, -0.15) is 0 Å². The van der Waals surface area contributed by atoms with Gasteiger partial charge in [0.2, 0.25) is 0 Å². The summed E-state index contributed by atoms with van der Waals surface area (Å²) in [5, 5.41) is 9.88. The van der Waals surface area contributed by atoms with Crippen LogP contribution in [0.15, 0.2) is 0 Å². The number of likely N-dealkylation sites (N-methyl/N-ethyl adjacent to an activating group) is 1. The summed E-state index contributed by atoms with van der Waals surface area (Å²) in [7, 11) is 2.12. The van der Waals surface area contributed by atoms with Gasteiger partial charge in [0.05, 0.1) is 19.1 Å². The fraction of sp³-hybridized carbons (Fsp3) is 0.923. The molecule has 0 radical (unpaired) electrons. The first-order chi connectivity index (χ1) is 8.35. The third kappa shape index (κ3) is 4.55. The number of hydrogen-bond acceptors (Lipinski definition) is 5. The molecule has 106 valence electrons. The summed E-state index contributed by atoms with van der Waals surface area (Å²) < 4.78 is 4.83. The quantitative estimate of drug-likeness (QED) is 0.720. The lowest BCUT2D eigenvalue weighted by Crippen LogP contribution is -2.58. The average molecular weight is 258 g/mol. The molecule has 1 rings (SSSR count). The molecule has 1 saturated heterocycles. The van der Waals surface area contributed by atoms with E-state index in [0.717, 1.165) is 19.6 Å². The van der Waals surface area contributed by atoms with E-state index in [9.17, 15) is 9.90 Å².